The second kappa shape index (κ2) is 9.81. The van der Waals surface area contributed by atoms with Gasteiger partial charge < -0.3 is 10.6 Å². The van der Waals surface area contributed by atoms with Crippen LogP contribution in [0.4, 0.5) is 5.69 Å². The molecule has 0 saturated carbocycles. The van der Waals surface area contributed by atoms with Gasteiger partial charge in [-0.3, -0.25) is 4.79 Å². The third kappa shape index (κ3) is 5.33. The van der Waals surface area contributed by atoms with Crippen molar-refractivity contribution in [3.63, 3.8) is 0 Å². The van der Waals surface area contributed by atoms with E-state index in [-0.39, 0.29) is 33.3 Å². The summed E-state index contributed by atoms with van der Waals surface area (Å²) in [5, 5.41) is 6.54. The number of halogens is 1. The first-order valence-corrected chi connectivity index (χ1v) is 12.0. The summed E-state index contributed by atoms with van der Waals surface area (Å²) in [6.45, 7) is 5.54. The summed E-state index contributed by atoms with van der Waals surface area (Å²) < 4.78 is 27.1. The van der Waals surface area contributed by atoms with Crippen LogP contribution in [0.2, 0.25) is 5.02 Å². The standard InChI is InChI=1S/C22H28ClN3O3S/c1-16(2)21(25-17-8-4-3-5-9-17)15-24-22(27)19-14-18(10-11-20(19)23)30(28,29)26-12-6-7-13-26/h3-5,8-11,14,16,21,25H,6-7,12-13,15H2,1-2H3,(H,24,27). The number of carbonyl (C=O) groups excluding carboxylic acids is 1. The Morgan fingerprint density at radius 1 is 1.10 bits per heavy atom. The van der Waals surface area contributed by atoms with Crippen LogP contribution < -0.4 is 10.6 Å². The zero-order chi connectivity index (χ0) is 21.7. The minimum absolute atomic E-state index is 0.00615. The summed E-state index contributed by atoms with van der Waals surface area (Å²) in [6.07, 6.45) is 1.70. The molecule has 0 aliphatic carbocycles. The van der Waals surface area contributed by atoms with Gasteiger partial charge in [-0.1, -0.05) is 43.6 Å². The first-order chi connectivity index (χ1) is 14.3. The SMILES string of the molecule is CC(C)C(CNC(=O)c1cc(S(=O)(=O)N2CCCC2)ccc1Cl)Nc1ccccc1. The summed E-state index contributed by atoms with van der Waals surface area (Å²) in [7, 11) is -3.61. The van der Waals surface area contributed by atoms with Crippen molar-refractivity contribution in [1.82, 2.24) is 9.62 Å². The molecule has 8 heteroatoms. The van der Waals surface area contributed by atoms with E-state index >= 15 is 0 Å². The number of amides is 1. The largest absolute Gasteiger partial charge is 0.380 e. The Bertz CT molecular complexity index is 974. The third-order valence-corrected chi connectivity index (χ3v) is 7.52. The molecule has 1 atom stereocenters. The van der Waals surface area contributed by atoms with Crippen molar-refractivity contribution in [2.24, 2.45) is 5.92 Å². The number of nitrogens with one attached hydrogen (secondary N) is 2. The number of carbonyl (C=O) groups is 1. The lowest BCUT2D eigenvalue weighted by Crippen LogP contribution is -2.39. The summed E-state index contributed by atoms with van der Waals surface area (Å²) in [5.74, 6) is -0.123. The highest BCUT2D eigenvalue weighted by molar-refractivity contribution is 7.89. The highest BCUT2D eigenvalue weighted by Crippen LogP contribution is 2.25. The quantitative estimate of drug-likeness (QED) is 0.638. The highest BCUT2D eigenvalue weighted by atomic mass is 35.5. The molecule has 162 valence electrons. The van der Waals surface area contributed by atoms with Gasteiger partial charge in [0.1, 0.15) is 0 Å². The number of hydrogen-bond donors (Lipinski definition) is 2. The fourth-order valence-electron chi connectivity index (χ4n) is 3.42. The summed E-state index contributed by atoms with van der Waals surface area (Å²) in [4.78, 5) is 12.9. The van der Waals surface area contributed by atoms with Crippen LogP contribution in [-0.4, -0.2) is 44.3 Å². The highest BCUT2D eigenvalue weighted by Gasteiger charge is 2.28. The maximum atomic E-state index is 12.8. The van der Waals surface area contributed by atoms with E-state index in [1.54, 1.807) is 0 Å². The normalized spacial score (nSPS) is 15.9. The first-order valence-electron chi connectivity index (χ1n) is 10.2. The number of hydrogen-bond acceptors (Lipinski definition) is 4. The summed E-state index contributed by atoms with van der Waals surface area (Å²) >= 11 is 6.22. The molecule has 0 bridgehead atoms. The zero-order valence-electron chi connectivity index (χ0n) is 17.3. The molecule has 1 unspecified atom stereocenters. The summed E-state index contributed by atoms with van der Waals surface area (Å²) in [5.41, 5.74) is 1.14. The Labute approximate surface area is 183 Å². The van der Waals surface area contributed by atoms with Crippen molar-refractivity contribution in [2.45, 2.75) is 37.6 Å². The number of rotatable bonds is 8. The van der Waals surface area contributed by atoms with Gasteiger partial charge in [0.25, 0.3) is 5.91 Å². The Morgan fingerprint density at radius 2 is 1.77 bits per heavy atom. The fraction of sp³-hybridized carbons (Fsp3) is 0.409. The van der Waals surface area contributed by atoms with E-state index in [0.717, 1.165) is 18.5 Å². The summed E-state index contributed by atoms with van der Waals surface area (Å²) in [6, 6.07) is 14.1. The zero-order valence-corrected chi connectivity index (χ0v) is 18.8. The van der Waals surface area contributed by atoms with Crippen LogP contribution in [0.5, 0.6) is 0 Å². The molecular weight excluding hydrogens is 422 g/mol. The van der Waals surface area contributed by atoms with Crippen LogP contribution in [0.1, 0.15) is 37.0 Å². The minimum Gasteiger partial charge on any atom is -0.380 e. The van der Waals surface area contributed by atoms with Crippen molar-refractivity contribution in [3.05, 3.63) is 59.1 Å². The van der Waals surface area contributed by atoms with E-state index in [1.807, 2.05) is 30.3 Å². The minimum atomic E-state index is -3.61. The number of anilines is 1. The van der Waals surface area contributed by atoms with Crippen molar-refractivity contribution in [3.8, 4) is 0 Å². The Hall–Kier alpha value is -2.09. The molecule has 1 aliphatic heterocycles. The Balaban J connectivity index is 1.72. The average molecular weight is 450 g/mol. The second-order valence-electron chi connectivity index (χ2n) is 7.82. The van der Waals surface area contributed by atoms with Gasteiger partial charge >= 0.3 is 0 Å². The molecule has 0 radical (unpaired) electrons. The van der Waals surface area contributed by atoms with Crippen LogP contribution in [0.15, 0.2) is 53.4 Å². The molecule has 1 heterocycles. The molecule has 1 saturated heterocycles. The van der Waals surface area contributed by atoms with Gasteiger partial charge in [-0.25, -0.2) is 8.42 Å². The second-order valence-corrected chi connectivity index (χ2v) is 10.2. The van der Waals surface area contributed by atoms with Gasteiger partial charge in [-0.05, 0) is 49.1 Å². The molecule has 1 aliphatic rings. The maximum absolute atomic E-state index is 12.8. The lowest BCUT2D eigenvalue weighted by molar-refractivity contribution is 0.0950. The van der Waals surface area contributed by atoms with Gasteiger partial charge in [0, 0.05) is 31.4 Å². The molecule has 1 fully saturated rings. The third-order valence-electron chi connectivity index (χ3n) is 5.30. The van der Waals surface area contributed by atoms with Crippen molar-refractivity contribution >= 4 is 33.2 Å². The Morgan fingerprint density at radius 3 is 2.40 bits per heavy atom. The van der Waals surface area contributed by atoms with E-state index in [0.29, 0.717) is 19.6 Å². The molecule has 1 amide bonds. The number of nitrogens with zero attached hydrogens (tertiary/aromatic N) is 1. The van der Waals surface area contributed by atoms with Gasteiger partial charge in [-0.15, -0.1) is 0 Å². The van der Waals surface area contributed by atoms with Crippen molar-refractivity contribution in [1.29, 1.82) is 0 Å². The van der Waals surface area contributed by atoms with Gasteiger partial charge in [0.15, 0.2) is 0 Å². The number of benzene rings is 2. The molecule has 3 rings (SSSR count). The van der Waals surface area contributed by atoms with E-state index in [1.165, 1.54) is 22.5 Å². The molecular formula is C22H28ClN3O3S. The molecule has 30 heavy (non-hydrogen) atoms. The topological polar surface area (TPSA) is 78.5 Å². The fourth-order valence-corrected chi connectivity index (χ4v) is 5.16. The average Bonchev–Trinajstić information content (AvgIpc) is 3.27. The van der Waals surface area contributed by atoms with Crippen LogP contribution in [0, 0.1) is 5.92 Å². The van der Waals surface area contributed by atoms with Crippen molar-refractivity contribution < 1.29 is 13.2 Å². The van der Waals surface area contributed by atoms with Crippen LogP contribution in [-0.2, 0) is 10.0 Å². The van der Waals surface area contributed by atoms with Crippen LogP contribution >= 0.6 is 11.6 Å². The van der Waals surface area contributed by atoms with E-state index in [9.17, 15) is 13.2 Å². The molecule has 2 aromatic carbocycles. The van der Waals surface area contributed by atoms with E-state index < -0.39 is 10.0 Å². The monoisotopic (exact) mass is 449 g/mol. The van der Waals surface area contributed by atoms with Crippen LogP contribution in [0.3, 0.4) is 0 Å². The first kappa shape index (κ1) is 22.6. The molecule has 2 aromatic rings. The smallest absolute Gasteiger partial charge is 0.252 e. The lowest BCUT2D eigenvalue weighted by atomic mass is 10.0. The maximum Gasteiger partial charge on any atom is 0.252 e. The van der Waals surface area contributed by atoms with Crippen molar-refractivity contribution in [2.75, 3.05) is 25.0 Å². The Kier molecular flexibility index (Phi) is 7.39. The lowest BCUT2D eigenvalue weighted by Gasteiger charge is -2.24. The van der Waals surface area contributed by atoms with Gasteiger partial charge in [0.2, 0.25) is 10.0 Å². The molecule has 2 N–H and O–H groups in total. The van der Waals surface area contributed by atoms with E-state index in [2.05, 4.69) is 24.5 Å². The van der Waals surface area contributed by atoms with Gasteiger partial charge in [0.05, 0.1) is 15.5 Å². The predicted octanol–water partition coefficient (Wildman–Crippen LogP) is 3.99. The van der Waals surface area contributed by atoms with E-state index in [4.69, 9.17) is 11.6 Å². The predicted molar refractivity (Wildman–Crippen MR) is 120 cm³/mol. The van der Waals surface area contributed by atoms with Crippen LogP contribution in [0.25, 0.3) is 0 Å². The number of para-hydroxylation sites is 1. The molecule has 0 aromatic heterocycles. The molecule has 0 spiro atoms. The molecule has 6 nitrogen and oxygen atoms in total. The van der Waals surface area contributed by atoms with Gasteiger partial charge in [-0.2, -0.15) is 4.31 Å². The number of sulfonamides is 1.